The van der Waals surface area contributed by atoms with E-state index in [0.29, 0.717) is 11.8 Å². The van der Waals surface area contributed by atoms with Gasteiger partial charge >= 0.3 is 6.18 Å². The van der Waals surface area contributed by atoms with Crippen LogP contribution in [0.3, 0.4) is 0 Å². The number of hydrogen-bond donors (Lipinski definition) is 1. The summed E-state index contributed by atoms with van der Waals surface area (Å²) < 4.78 is 36.6. The zero-order valence-corrected chi connectivity index (χ0v) is 10.1. The molecule has 1 rings (SSSR count). The van der Waals surface area contributed by atoms with Gasteiger partial charge in [-0.2, -0.15) is 13.2 Å². The Kier molecular flexibility index (Phi) is 5.09. The van der Waals surface area contributed by atoms with Crippen LogP contribution < -0.4 is 5.32 Å². The Bertz CT molecular complexity index is 203. The van der Waals surface area contributed by atoms with Gasteiger partial charge in [-0.25, -0.2) is 0 Å². The summed E-state index contributed by atoms with van der Waals surface area (Å²) in [7, 11) is 0. The van der Waals surface area contributed by atoms with Gasteiger partial charge in [-0.15, -0.1) is 0 Å². The first-order valence-electron chi connectivity index (χ1n) is 6.24. The van der Waals surface area contributed by atoms with Crippen LogP contribution in [0, 0.1) is 11.8 Å². The van der Waals surface area contributed by atoms with E-state index in [4.69, 9.17) is 0 Å². The summed E-state index contributed by atoms with van der Waals surface area (Å²) in [4.78, 5) is 0. The molecule has 1 fully saturated rings. The molecule has 0 radical (unpaired) electrons. The normalized spacial score (nSPS) is 28.3. The number of rotatable bonds is 5. The molecule has 3 atom stereocenters. The number of nitrogens with one attached hydrogen (secondary N) is 1. The van der Waals surface area contributed by atoms with Crippen molar-refractivity contribution in [2.24, 2.45) is 11.8 Å². The van der Waals surface area contributed by atoms with Crippen LogP contribution in [0.5, 0.6) is 0 Å². The molecule has 0 aromatic carbocycles. The minimum absolute atomic E-state index is 0.0455. The van der Waals surface area contributed by atoms with Gasteiger partial charge in [0.25, 0.3) is 0 Å². The first-order valence-corrected chi connectivity index (χ1v) is 6.24. The lowest BCUT2D eigenvalue weighted by Gasteiger charge is -2.28. The highest BCUT2D eigenvalue weighted by molar-refractivity contribution is 4.85. The SMILES string of the molecule is CCNC(CCC(F)(F)F)C1CCCC1C. The third-order valence-corrected chi connectivity index (χ3v) is 3.65. The smallest absolute Gasteiger partial charge is 0.314 e. The summed E-state index contributed by atoms with van der Waals surface area (Å²) in [5, 5.41) is 3.23. The van der Waals surface area contributed by atoms with Gasteiger partial charge in [0.15, 0.2) is 0 Å². The Morgan fingerprint density at radius 1 is 1.31 bits per heavy atom. The molecule has 16 heavy (non-hydrogen) atoms. The molecular formula is C12H22F3N. The molecule has 0 bridgehead atoms. The average Bonchev–Trinajstić information content (AvgIpc) is 2.57. The molecule has 4 heteroatoms. The van der Waals surface area contributed by atoms with Crippen molar-refractivity contribution in [1.29, 1.82) is 0 Å². The molecule has 0 heterocycles. The van der Waals surface area contributed by atoms with E-state index in [1.165, 1.54) is 12.8 Å². The van der Waals surface area contributed by atoms with E-state index in [-0.39, 0.29) is 12.5 Å². The van der Waals surface area contributed by atoms with Crippen molar-refractivity contribution in [2.75, 3.05) is 6.54 Å². The maximum atomic E-state index is 12.2. The zero-order valence-electron chi connectivity index (χ0n) is 10.1. The fourth-order valence-corrected chi connectivity index (χ4v) is 2.82. The van der Waals surface area contributed by atoms with Crippen LogP contribution in [0.2, 0.25) is 0 Å². The van der Waals surface area contributed by atoms with Gasteiger partial charge in [0.1, 0.15) is 0 Å². The fraction of sp³-hybridized carbons (Fsp3) is 1.00. The van der Waals surface area contributed by atoms with E-state index in [0.717, 1.165) is 13.0 Å². The quantitative estimate of drug-likeness (QED) is 0.768. The molecule has 0 saturated heterocycles. The molecule has 1 aliphatic carbocycles. The van der Waals surface area contributed by atoms with Crippen LogP contribution in [0.25, 0.3) is 0 Å². The monoisotopic (exact) mass is 237 g/mol. The largest absolute Gasteiger partial charge is 0.389 e. The van der Waals surface area contributed by atoms with E-state index < -0.39 is 12.6 Å². The van der Waals surface area contributed by atoms with Crippen molar-refractivity contribution >= 4 is 0 Å². The minimum Gasteiger partial charge on any atom is -0.314 e. The Morgan fingerprint density at radius 2 is 2.00 bits per heavy atom. The summed E-state index contributed by atoms with van der Waals surface area (Å²) in [6, 6.07) is 0.0455. The Hall–Kier alpha value is -0.250. The van der Waals surface area contributed by atoms with E-state index in [2.05, 4.69) is 12.2 Å². The molecule has 0 spiro atoms. The molecule has 1 aliphatic rings. The zero-order chi connectivity index (χ0) is 12.2. The Morgan fingerprint density at radius 3 is 2.44 bits per heavy atom. The van der Waals surface area contributed by atoms with E-state index in [1.807, 2.05) is 6.92 Å². The van der Waals surface area contributed by atoms with Gasteiger partial charge in [-0.3, -0.25) is 0 Å². The Balaban J connectivity index is 2.46. The molecule has 96 valence electrons. The van der Waals surface area contributed by atoms with Crippen molar-refractivity contribution in [1.82, 2.24) is 5.32 Å². The molecule has 1 N–H and O–H groups in total. The minimum atomic E-state index is -4.02. The van der Waals surface area contributed by atoms with Gasteiger partial charge in [-0.05, 0) is 31.2 Å². The van der Waals surface area contributed by atoms with Gasteiger partial charge < -0.3 is 5.32 Å². The second-order valence-electron chi connectivity index (χ2n) is 4.89. The maximum Gasteiger partial charge on any atom is 0.389 e. The van der Waals surface area contributed by atoms with Crippen LogP contribution in [-0.4, -0.2) is 18.8 Å². The van der Waals surface area contributed by atoms with Crippen LogP contribution in [0.1, 0.15) is 46.0 Å². The van der Waals surface area contributed by atoms with Crippen molar-refractivity contribution in [3.05, 3.63) is 0 Å². The lowest BCUT2D eigenvalue weighted by Crippen LogP contribution is -2.38. The number of halogens is 3. The van der Waals surface area contributed by atoms with E-state index >= 15 is 0 Å². The molecule has 0 aromatic heterocycles. The van der Waals surface area contributed by atoms with Gasteiger partial charge in [0.05, 0.1) is 0 Å². The van der Waals surface area contributed by atoms with Gasteiger partial charge in [0.2, 0.25) is 0 Å². The third kappa shape index (κ3) is 4.32. The molecule has 1 saturated carbocycles. The van der Waals surface area contributed by atoms with Crippen LogP contribution in [0.4, 0.5) is 13.2 Å². The van der Waals surface area contributed by atoms with Crippen molar-refractivity contribution < 1.29 is 13.2 Å². The predicted octanol–water partition coefficient (Wildman–Crippen LogP) is 3.74. The summed E-state index contributed by atoms with van der Waals surface area (Å²) in [5.41, 5.74) is 0. The molecule has 0 aromatic rings. The fourth-order valence-electron chi connectivity index (χ4n) is 2.82. The van der Waals surface area contributed by atoms with Gasteiger partial charge in [0, 0.05) is 12.5 Å². The Labute approximate surface area is 95.8 Å². The van der Waals surface area contributed by atoms with Crippen molar-refractivity contribution in [2.45, 2.75) is 58.2 Å². The van der Waals surface area contributed by atoms with E-state index in [1.54, 1.807) is 0 Å². The first kappa shape index (κ1) is 13.8. The summed E-state index contributed by atoms with van der Waals surface area (Å²) in [5.74, 6) is 1.000. The predicted molar refractivity (Wildman–Crippen MR) is 59.3 cm³/mol. The highest BCUT2D eigenvalue weighted by atomic mass is 19.4. The highest BCUT2D eigenvalue weighted by Gasteiger charge is 2.34. The summed E-state index contributed by atoms with van der Waals surface area (Å²) >= 11 is 0. The first-order chi connectivity index (χ1) is 7.44. The number of hydrogen-bond acceptors (Lipinski definition) is 1. The second kappa shape index (κ2) is 5.89. The topological polar surface area (TPSA) is 12.0 Å². The number of alkyl halides is 3. The second-order valence-corrected chi connectivity index (χ2v) is 4.89. The van der Waals surface area contributed by atoms with E-state index in [9.17, 15) is 13.2 Å². The lowest BCUT2D eigenvalue weighted by molar-refractivity contribution is -0.137. The van der Waals surface area contributed by atoms with Crippen molar-refractivity contribution in [3.63, 3.8) is 0 Å². The molecule has 3 unspecified atom stereocenters. The van der Waals surface area contributed by atoms with Crippen molar-refractivity contribution in [3.8, 4) is 0 Å². The van der Waals surface area contributed by atoms with Crippen LogP contribution in [-0.2, 0) is 0 Å². The van der Waals surface area contributed by atoms with Gasteiger partial charge in [-0.1, -0.05) is 26.7 Å². The maximum absolute atomic E-state index is 12.2. The van der Waals surface area contributed by atoms with Crippen LogP contribution in [0.15, 0.2) is 0 Å². The summed E-state index contributed by atoms with van der Waals surface area (Å²) in [6.07, 6.45) is -1.04. The molecule has 0 aliphatic heterocycles. The molecular weight excluding hydrogens is 215 g/mol. The lowest BCUT2D eigenvalue weighted by atomic mass is 9.87. The average molecular weight is 237 g/mol. The summed E-state index contributed by atoms with van der Waals surface area (Å²) in [6.45, 7) is 4.88. The van der Waals surface area contributed by atoms with Crippen LogP contribution >= 0.6 is 0 Å². The molecule has 0 amide bonds. The standard InChI is InChI=1S/C12H22F3N/c1-3-16-11(7-8-12(13,14)15)10-6-4-5-9(10)2/h9-11,16H,3-8H2,1-2H3. The third-order valence-electron chi connectivity index (χ3n) is 3.65. The molecule has 1 nitrogen and oxygen atoms in total. The highest BCUT2D eigenvalue weighted by Crippen LogP contribution is 2.36.